The Kier molecular flexibility index (Phi) is 2.66. The predicted molar refractivity (Wildman–Crippen MR) is 63.7 cm³/mol. The Morgan fingerprint density at radius 1 is 1.38 bits per heavy atom. The number of nitrogen functional groups attached to an aromatic ring is 1. The Balaban J connectivity index is 2.55. The normalized spacial score (nSPS) is 12.7. The number of aryl methyl sites for hydroxylation is 1. The van der Waals surface area contributed by atoms with Crippen LogP contribution in [0.15, 0.2) is 30.3 Å². The monoisotopic (exact) mass is 217 g/mol. The minimum atomic E-state index is -0.514. The molecule has 1 heterocycles. The van der Waals surface area contributed by atoms with Crippen LogP contribution < -0.4 is 5.73 Å². The van der Waals surface area contributed by atoms with Gasteiger partial charge in [-0.3, -0.25) is 4.68 Å². The number of nitrogens with two attached hydrogens (primary N) is 1. The summed E-state index contributed by atoms with van der Waals surface area (Å²) in [4.78, 5) is 0. The lowest BCUT2D eigenvalue weighted by Gasteiger charge is -2.09. The highest BCUT2D eigenvalue weighted by atomic mass is 16.3. The molecule has 0 aliphatic heterocycles. The minimum absolute atomic E-state index is 0.514. The molecule has 0 radical (unpaired) electrons. The van der Waals surface area contributed by atoms with Gasteiger partial charge >= 0.3 is 0 Å². The third-order valence-electron chi connectivity index (χ3n) is 2.60. The zero-order valence-corrected chi connectivity index (χ0v) is 9.38. The quantitative estimate of drug-likeness (QED) is 0.805. The average molecular weight is 217 g/mol. The van der Waals surface area contributed by atoms with Crippen molar-refractivity contribution in [2.45, 2.75) is 13.0 Å². The van der Waals surface area contributed by atoms with Crippen molar-refractivity contribution in [3.8, 4) is 11.3 Å². The lowest BCUT2D eigenvalue weighted by Crippen LogP contribution is -1.97. The molecule has 0 aliphatic carbocycles. The summed E-state index contributed by atoms with van der Waals surface area (Å²) in [5.41, 5.74) is 8.31. The zero-order valence-electron chi connectivity index (χ0n) is 9.38. The molecule has 1 aromatic heterocycles. The molecule has 0 aliphatic rings. The molecule has 2 rings (SSSR count). The summed E-state index contributed by atoms with van der Waals surface area (Å²) < 4.78 is 1.62. The van der Waals surface area contributed by atoms with E-state index in [4.69, 9.17) is 5.73 Å². The van der Waals surface area contributed by atoms with Crippen LogP contribution in [0.1, 0.15) is 18.6 Å². The standard InChI is InChI=1S/C12H15N3O/c1-8(16)9-5-3-4-6-10(9)11-7-12(13)15(2)14-11/h3-8,16H,13H2,1-2H3. The Hall–Kier alpha value is -1.81. The van der Waals surface area contributed by atoms with E-state index in [2.05, 4.69) is 5.10 Å². The van der Waals surface area contributed by atoms with Crippen molar-refractivity contribution in [1.29, 1.82) is 0 Å². The van der Waals surface area contributed by atoms with E-state index < -0.39 is 6.10 Å². The number of hydrogen-bond acceptors (Lipinski definition) is 3. The highest BCUT2D eigenvalue weighted by Crippen LogP contribution is 2.27. The molecule has 0 saturated heterocycles. The third kappa shape index (κ3) is 1.79. The smallest absolute Gasteiger partial charge is 0.121 e. The van der Waals surface area contributed by atoms with Crippen molar-refractivity contribution in [1.82, 2.24) is 9.78 Å². The molecule has 3 N–H and O–H groups in total. The molecule has 0 saturated carbocycles. The van der Waals surface area contributed by atoms with Gasteiger partial charge in [0.1, 0.15) is 5.82 Å². The maximum absolute atomic E-state index is 9.68. The van der Waals surface area contributed by atoms with Crippen molar-refractivity contribution in [2.75, 3.05) is 5.73 Å². The lowest BCUT2D eigenvalue weighted by molar-refractivity contribution is 0.200. The van der Waals surface area contributed by atoms with Gasteiger partial charge in [-0.05, 0) is 12.5 Å². The van der Waals surface area contributed by atoms with Gasteiger partial charge in [0, 0.05) is 18.7 Å². The summed E-state index contributed by atoms with van der Waals surface area (Å²) in [5.74, 6) is 0.607. The molecule has 2 aromatic rings. The van der Waals surface area contributed by atoms with Gasteiger partial charge < -0.3 is 10.8 Å². The largest absolute Gasteiger partial charge is 0.389 e. The molecule has 4 heteroatoms. The van der Waals surface area contributed by atoms with E-state index in [1.165, 1.54) is 0 Å². The average Bonchev–Trinajstić information content (AvgIpc) is 2.59. The Morgan fingerprint density at radius 2 is 2.06 bits per heavy atom. The fourth-order valence-electron chi connectivity index (χ4n) is 1.71. The highest BCUT2D eigenvalue weighted by Gasteiger charge is 2.12. The summed E-state index contributed by atoms with van der Waals surface area (Å²) in [6.07, 6.45) is -0.514. The van der Waals surface area contributed by atoms with Gasteiger partial charge in [0.05, 0.1) is 11.8 Å². The van der Waals surface area contributed by atoms with Gasteiger partial charge in [-0.2, -0.15) is 5.10 Å². The van der Waals surface area contributed by atoms with Gasteiger partial charge in [0.25, 0.3) is 0 Å². The molecule has 1 unspecified atom stereocenters. The van der Waals surface area contributed by atoms with Crippen LogP contribution in [0.3, 0.4) is 0 Å². The molecule has 1 atom stereocenters. The molecule has 0 fully saturated rings. The SMILES string of the molecule is CC(O)c1ccccc1-c1cc(N)n(C)n1. The van der Waals surface area contributed by atoms with E-state index >= 15 is 0 Å². The third-order valence-corrected chi connectivity index (χ3v) is 2.60. The molecular weight excluding hydrogens is 202 g/mol. The maximum atomic E-state index is 9.68. The lowest BCUT2D eigenvalue weighted by atomic mass is 10.0. The van der Waals surface area contributed by atoms with Crippen LogP contribution >= 0.6 is 0 Å². The van der Waals surface area contributed by atoms with Gasteiger partial charge in [0.2, 0.25) is 0 Å². The molecule has 0 spiro atoms. The van der Waals surface area contributed by atoms with Crippen molar-refractivity contribution < 1.29 is 5.11 Å². The molecule has 1 aromatic carbocycles. The molecular formula is C12H15N3O. The van der Waals surface area contributed by atoms with Crippen LogP contribution in [0.5, 0.6) is 0 Å². The number of anilines is 1. The fraction of sp³-hybridized carbons (Fsp3) is 0.250. The van der Waals surface area contributed by atoms with Crippen LogP contribution in [0, 0.1) is 0 Å². The van der Waals surface area contributed by atoms with Gasteiger partial charge in [-0.25, -0.2) is 0 Å². The summed E-state index contributed by atoms with van der Waals surface area (Å²) in [5, 5.41) is 14.0. The Morgan fingerprint density at radius 3 is 2.62 bits per heavy atom. The number of aliphatic hydroxyl groups excluding tert-OH is 1. The van der Waals surface area contributed by atoms with Crippen LogP contribution in [0.4, 0.5) is 5.82 Å². The topological polar surface area (TPSA) is 64.1 Å². The fourth-order valence-corrected chi connectivity index (χ4v) is 1.71. The molecule has 0 amide bonds. The van der Waals surface area contributed by atoms with Crippen LogP contribution in [-0.2, 0) is 7.05 Å². The molecule has 16 heavy (non-hydrogen) atoms. The van der Waals surface area contributed by atoms with E-state index in [1.54, 1.807) is 24.7 Å². The van der Waals surface area contributed by atoms with E-state index in [0.717, 1.165) is 16.8 Å². The van der Waals surface area contributed by atoms with Gasteiger partial charge in [0.15, 0.2) is 0 Å². The van der Waals surface area contributed by atoms with E-state index in [-0.39, 0.29) is 0 Å². The van der Waals surface area contributed by atoms with E-state index in [9.17, 15) is 5.11 Å². The van der Waals surface area contributed by atoms with Gasteiger partial charge in [-0.15, -0.1) is 0 Å². The van der Waals surface area contributed by atoms with Crippen molar-refractivity contribution in [3.63, 3.8) is 0 Å². The van der Waals surface area contributed by atoms with Gasteiger partial charge in [-0.1, -0.05) is 24.3 Å². The van der Waals surface area contributed by atoms with Crippen molar-refractivity contribution in [2.24, 2.45) is 7.05 Å². The maximum Gasteiger partial charge on any atom is 0.121 e. The highest BCUT2D eigenvalue weighted by molar-refractivity contribution is 5.66. The first kappa shape index (κ1) is 10.7. The summed E-state index contributed by atoms with van der Waals surface area (Å²) in [6.45, 7) is 1.74. The molecule has 0 bridgehead atoms. The van der Waals surface area contributed by atoms with Crippen LogP contribution in [0.2, 0.25) is 0 Å². The van der Waals surface area contributed by atoms with Crippen LogP contribution in [0.25, 0.3) is 11.3 Å². The second kappa shape index (κ2) is 3.98. The first-order valence-corrected chi connectivity index (χ1v) is 5.16. The van der Waals surface area contributed by atoms with Crippen molar-refractivity contribution >= 4 is 5.82 Å². The minimum Gasteiger partial charge on any atom is -0.389 e. The van der Waals surface area contributed by atoms with E-state index in [0.29, 0.717) is 5.82 Å². The first-order valence-electron chi connectivity index (χ1n) is 5.16. The number of benzene rings is 1. The van der Waals surface area contributed by atoms with E-state index in [1.807, 2.05) is 24.3 Å². The molecule has 4 nitrogen and oxygen atoms in total. The summed E-state index contributed by atoms with van der Waals surface area (Å²) in [6, 6.07) is 9.46. The molecule has 84 valence electrons. The Bertz CT molecular complexity index is 483. The number of nitrogens with zero attached hydrogens (tertiary/aromatic N) is 2. The van der Waals surface area contributed by atoms with Crippen molar-refractivity contribution in [3.05, 3.63) is 35.9 Å². The Labute approximate surface area is 94.3 Å². The number of aliphatic hydroxyl groups is 1. The second-order valence-corrected chi connectivity index (χ2v) is 3.84. The number of aromatic nitrogens is 2. The number of hydrogen-bond donors (Lipinski definition) is 2. The summed E-state index contributed by atoms with van der Waals surface area (Å²) >= 11 is 0. The zero-order chi connectivity index (χ0) is 11.7. The predicted octanol–water partition coefficient (Wildman–Crippen LogP) is 1.72. The number of rotatable bonds is 2. The first-order chi connectivity index (χ1) is 7.59. The second-order valence-electron chi connectivity index (χ2n) is 3.84. The van der Waals surface area contributed by atoms with Crippen LogP contribution in [-0.4, -0.2) is 14.9 Å². The summed E-state index contributed by atoms with van der Waals surface area (Å²) in [7, 11) is 1.80.